The number of benzene rings is 1. The first-order valence-corrected chi connectivity index (χ1v) is 4.29. The first-order chi connectivity index (χ1) is 6.22. The van der Waals surface area contributed by atoms with Gasteiger partial charge in [0.1, 0.15) is 0 Å². The van der Waals surface area contributed by atoms with E-state index in [-0.39, 0.29) is 42.4 Å². The molecule has 4 heteroatoms. The summed E-state index contributed by atoms with van der Waals surface area (Å²) in [6, 6.07) is 7.56. The molecule has 0 heterocycles. The van der Waals surface area contributed by atoms with Crippen LogP contribution in [0.15, 0.2) is 24.3 Å². The first-order valence-electron chi connectivity index (χ1n) is 4.29. The van der Waals surface area contributed by atoms with E-state index in [1.165, 1.54) is 0 Å². The van der Waals surface area contributed by atoms with Crippen molar-refractivity contribution in [3.63, 3.8) is 0 Å². The quantitative estimate of drug-likeness (QED) is 0.404. The Morgan fingerprint density at radius 2 is 2.13 bits per heavy atom. The van der Waals surface area contributed by atoms with Crippen LogP contribution in [0.1, 0.15) is 18.1 Å². The fourth-order valence-electron chi connectivity index (χ4n) is 1.12. The second-order valence-electron chi connectivity index (χ2n) is 2.80. The van der Waals surface area contributed by atoms with E-state index in [1.54, 1.807) is 6.92 Å². The van der Waals surface area contributed by atoms with Crippen LogP contribution in [-0.4, -0.2) is 12.6 Å². The van der Waals surface area contributed by atoms with E-state index in [4.69, 9.17) is 4.74 Å². The van der Waals surface area contributed by atoms with Crippen LogP contribution in [0, 0.1) is 6.92 Å². The zero-order valence-electron chi connectivity index (χ0n) is 8.83. The zero-order chi connectivity index (χ0) is 9.68. The van der Waals surface area contributed by atoms with Crippen LogP contribution in [0.2, 0.25) is 0 Å². The molecule has 0 aliphatic rings. The summed E-state index contributed by atoms with van der Waals surface area (Å²) in [5.41, 5.74) is 1.87. The minimum absolute atomic E-state index is 0. The average molecular weight is 323 g/mol. The predicted molar refractivity (Wildman–Crippen MR) is 51.2 cm³/mol. The van der Waals surface area contributed by atoms with Crippen molar-refractivity contribution in [2.75, 3.05) is 6.61 Å². The Morgan fingerprint density at radius 1 is 1.47 bits per heavy atom. The third kappa shape index (κ3) is 6.69. The Bertz CT molecular complexity index is 302. The van der Waals surface area contributed by atoms with E-state index in [0.717, 1.165) is 11.1 Å². The van der Waals surface area contributed by atoms with Gasteiger partial charge in [-0.1, -0.05) is 11.6 Å². The SMILES string of the molecule is [Br-].[CH2-]c1cccc(CC(=O)OCC)c1.[Zn+2]. The molecule has 0 aliphatic carbocycles. The smallest absolute Gasteiger partial charge is 1.00 e. The second-order valence-corrected chi connectivity index (χ2v) is 2.80. The molecule has 0 unspecified atom stereocenters. The van der Waals surface area contributed by atoms with Crippen LogP contribution in [0.4, 0.5) is 0 Å². The van der Waals surface area contributed by atoms with Crippen molar-refractivity contribution in [3.8, 4) is 0 Å². The van der Waals surface area contributed by atoms with Crippen LogP contribution in [0.25, 0.3) is 0 Å². The number of hydrogen-bond donors (Lipinski definition) is 0. The van der Waals surface area contributed by atoms with Gasteiger partial charge in [-0.15, -0.1) is 6.07 Å². The molecular formula is C11H13BrO2Zn. The van der Waals surface area contributed by atoms with Crippen LogP contribution in [0.5, 0.6) is 0 Å². The molecule has 0 spiro atoms. The Hall–Kier alpha value is -0.337. The summed E-state index contributed by atoms with van der Waals surface area (Å²) in [6.07, 6.45) is 0.331. The van der Waals surface area contributed by atoms with E-state index in [9.17, 15) is 4.79 Å². The Morgan fingerprint density at radius 3 is 2.67 bits per heavy atom. The maximum absolute atomic E-state index is 11.1. The van der Waals surface area contributed by atoms with Gasteiger partial charge in [0, 0.05) is 0 Å². The van der Waals surface area contributed by atoms with Crippen LogP contribution in [0.3, 0.4) is 0 Å². The molecule has 0 saturated heterocycles. The van der Waals surface area contributed by atoms with Gasteiger partial charge in [0.05, 0.1) is 13.0 Å². The van der Waals surface area contributed by atoms with E-state index >= 15 is 0 Å². The predicted octanol–water partition coefficient (Wildman–Crippen LogP) is -1.02. The fourth-order valence-corrected chi connectivity index (χ4v) is 1.12. The van der Waals surface area contributed by atoms with Crippen molar-refractivity contribution in [2.24, 2.45) is 0 Å². The third-order valence-electron chi connectivity index (χ3n) is 1.65. The van der Waals surface area contributed by atoms with Crippen molar-refractivity contribution in [1.82, 2.24) is 0 Å². The van der Waals surface area contributed by atoms with Gasteiger partial charge in [0.15, 0.2) is 0 Å². The van der Waals surface area contributed by atoms with Crippen LogP contribution < -0.4 is 17.0 Å². The van der Waals surface area contributed by atoms with Crippen LogP contribution in [-0.2, 0) is 35.4 Å². The molecule has 1 aromatic carbocycles. The van der Waals surface area contributed by atoms with E-state index in [1.807, 2.05) is 24.3 Å². The number of ether oxygens (including phenoxy) is 1. The van der Waals surface area contributed by atoms with Crippen molar-refractivity contribution >= 4 is 5.97 Å². The molecule has 0 atom stereocenters. The molecule has 0 aliphatic heterocycles. The topological polar surface area (TPSA) is 26.3 Å². The Kier molecular flexibility index (Phi) is 10.2. The second kappa shape index (κ2) is 8.93. The van der Waals surface area contributed by atoms with Gasteiger partial charge in [-0.25, -0.2) is 0 Å². The van der Waals surface area contributed by atoms with Gasteiger partial charge >= 0.3 is 25.4 Å². The molecule has 1 aromatic rings. The first kappa shape index (κ1) is 17.1. The minimum Gasteiger partial charge on any atom is -1.00 e. The molecule has 78 valence electrons. The molecule has 0 N–H and O–H groups in total. The monoisotopic (exact) mass is 320 g/mol. The number of rotatable bonds is 3. The maximum atomic E-state index is 11.1. The summed E-state index contributed by atoms with van der Waals surface area (Å²) in [6.45, 7) is 6.02. The third-order valence-corrected chi connectivity index (χ3v) is 1.65. The zero-order valence-corrected chi connectivity index (χ0v) is 13.4. The standard InChI is InChI=1S/C11H13O2.BrH.Zn/c1-3-13-11(12)8-10-6-4-5-9(2)7-10;;/h4-7H,2-3,8H2,1H3;1H;/q-1;;+2/p-1. The molecule has 1 rings (SSSR count). The maximum Gasteiger partial charge on any atom is 2.00 e. The fraction of sp³-hybridized carbons (Fsp3) is 0.273. The van der Waals surface area contributed by atoms with Crippen LogP contribution >= 0.6 is 0 Å². The number of halogens is 1. The molecule has 2 nitrogen and oxygen atoms in total. The van der Waals surface area contributed by atoms with Gasteiger partial charge in [-0.3, -0.25) is 4.79 Å². The molecule has 0 fully saturated rings. The van der Waals surface area contributed by atoms with Crippen molar-refractivity contribution in [3.05, 3.63) is 42.3 Å². The van der Waals surface area contributed by atoms with Crippen molar-refractivity contribution in [1.29, 1.82) is 0 Å². The molecule has 0 saturated carbocycles. The summed E-state index contributed by atoms with van der Waals surface area (Å²) in [4.78, 5) is 11.1. The van der Waals surface area contributed by atoms with Gasteiger partial charge in [-0.05, 0) is 6.92 Å². The van der Waals surface area contributed by atoms with E-state index in [0.29, 0.717) is 13.0 Å². The summed E-state index contributed by atoms with van der Waals surface area (Å²) in [5, 5.41) is 0. The summed E-state index contributed by atoms with van der Waals surface area (Å²) in [7, 11) is 0. The van der Waals surface area contributed by atoms with Gasteiger partial charge < -0.3 is 21.7 Å². The number of esters is 1. The largest absolute Gasteiger partial charge is 2.00 e. The molecule has 0 bridgehead atoms. The van der Waals surface area contributed by atoms with E-state index in [2.05, 4.69) is 6.92 Å². The normalized spacial score (nSPS) is 8.33. The van der Waals surface area contributed by atoms with Gasteiger partial charge in [-0.2, -0.15) is 24.6 Å². The van der Waals surface area contributed by atoms with Crippen molar-refractivity contribution < 1.29 is 46.0 Å². The summed E-state index contributed by atoms with van der Waals surface area (Å²) >= 11 is 0. The van der Waals surface area contributed by atoms with Crippen molar-refractivity contribution in [2.45, 2.75) is 13.3 Å². The summed E-state index contributed by atoms with van der Waals surface area (Å²) < 4.78 is 4.83. The molecule has 0 radical (unpaired) electrons. The summed E-state index contributed by atoms with van der Waals surface area (Å²) in [5.74, 6) is -0.187. The number of carbonyl (C=O) groups excluding carboxylic acids is 1. The molecule has 0 aromatic heterocycles. The number of hydrogen-bond acceptors (Lipinski definition) is 2. The molecule has 0 amide bonds. The molecule has 15 heavy (non-hydrogen) atoms. The van der Waals surface area contributed by atoms with E-state index < -0.39 is 0 Å². The average Bonchev–Trinajstić information content (AvgIpc) is 2.04. The number of carbonyl (C=O) groups is 1. The van der Waals surface area contributed by atoms with Gasteiger partial charge in [0.25, 0.3) is 0 Å². The minimum atomic E-state index is -0.187. The molecular weight excluding hydrogens is 309 g/mol. The Balaban J connectivity index is 0. The Labute approximate surface area is 114 Å². The van der Waals surface area contributed by atoms with Gasteiger partial charge in [0.2, 0.25) is 0 Å².